The molecule has 0 fully saturated rings. The molecule has 3 radical (unpaired) electrons. The number of fused-ring (bicyclic) bond motifs is 1. The molecule has 0 aliphatic heterocycles. The minimum absolute atomic E-state index is 1.10. The zero-order chi connectivity index (χ0) is 11.0. The average Bonchev–Trinajstić information content (AvgIpc) is 2.69. The molecule has 0 unspecified atom stereocenters. The molecule has 0 aliphatic carbocycles. The Kier molecular flexibility index (Phi) is 2.44. The van der Waals surface area contributed by atoms with Gasteiger partial charge in [-0.1, -0.05) is 0 Å². The summed E-state index contributed by atoms with van der Waals surface area (Å²) < 4.78 is 3.27. The Hall–Kier alpha value is -1.29. The van der Waals surface area contributed by atoms with Crippen molar-refractivity contribution in [2.75, 3.05) is 0 Å². The average molecular weight is 312 g/mol. The second-order valence-electron chi connectivity index (χ2n) is 3.62. The third-order valence-corrected chi connectivity index (χ3v) is 3.99. The number of rotatable bonds is 1. The topological polar surface area (TPSA) is 17.3 Å². The van der Waals surface area contributed by atoms with Crippen LogP contribution in [0.2, 0.25) is 0 Å². The number of aromatic nitrogens is 2. The van der Waals surface area contributed by atoms with E-state index < -0.39 is 0 Å². The van der Waals surface area contributed by atoms with Crippen molar-refractivity contribution in [3.63, 3.8) is 0 Å². The molecule has 2 heterocycles. The fourth-order valence-electron chi connectivity index (χ4n) is 1.80. The molecule has 75 valence electrons. The van der Waals surface area contributed by atoms with Gasteiger partial charge in [0, 0.05) is 0 Å². The summed E-state index contributed by atoms with van der Waals surface area (Å²) in [5, 5.41) is 4.62. The molecule has 1 aromatic carbocycles. The van der Waals surface area contributed by atoms with E-state index in [1.807, 2.05) is 22.8 Å². The molecule has 16 heavy (non-hydrogen) atoms. The molecule has 0 spiro atoms. The predicted molar refractivity (Wildman–Crippen MR) is 66.0 cm³/mol. The summed E-state index contributed by atoms with van der Waals surface area (Å²) >= 11 is 1.40. The van der Waals surface area contributed by atoms with Gasteiger partial charge in [0.15, 0.2) is 0 Å². The molecule has 0 bridgehead atoms. The summed E-state index contributed by atoms with van der Waals surface area (Å²) in [5.41, 5.74) is 3.50. The Labute approximate surface area is 107 Å². The maximum atomic E-state index is 4.62. The summed E-state index contributed by atoms with van der Waals surface area (Å²) in [4.78, 5) is 0. The molecule has 2 nitrogen and oxygen atoms in total. The van der Waals surface area contributed by atoms with Crippen LogP contribution in [0.3, 0.4) is 0 Å². The Morgan fingerprint density at radius 2 is 1.69 bits per heavy atom. The van der Waals surface area contributed by atoms with E-state index in [0.29, 0.717) is 0 Å². The van der Waals surface area contributed by atoms with Gasteiger partial charge < -0.3 is 0 Å². The van der Waals surface area contributed by atoms with Crippen molar-refractivity contribution in [2.45, 2.75) is 0 Å². The van der Waals surface area contributed by atoms with Crippen molar-refractivity contribution in [2.24, 2.45) is 0 Å². The maximum absolute atomic E-state index is 4.62. The van der Waals surface area contributed by atoms with Crippen molar-refractivity contribution < 1.29 is 0 Å². The minimum atomic E-state index is 1.10. The Bertz CT molecular complexity index is 629. The molecule has 3 rings (SSSR count). The number of nitrogens with zero attached hydrogens (tertiary/aromatic N) is 2. The molecular formula is C13H9N2Sn. The van der Waals surface area contributed by atoms with Gasteiger partial charge in [0.05, 0.1) is 0 Å². The fraction of sp³-hybridized carbons (Fsp3) is 0. The normalized spacial score (nSPS) is 10.8. The fourth-order valence-corrected chi connectivity index (χ4v) is 2.92. The molecule has 3 aromatic rings. The van der Waals surface area contributed by atoms with Gasteiger partial charge in [0.1, 0.15) is 0 Å². The van der Waals surface area contributed by atoms with Crippen LogP contribution < -0.4 is 3.58 Å². The van der Waals surface area contributed by atoms with E-state index in [4.69, 9.17) is 0 Å². The van der Waals surface area contributed by atoms with Gasteiger partial charge in [0.25, 0.3) is 0 Å². The van der Waals surface area contributed by atoms with Crippen LogP contribution in [0.5, 0.6) is 0 Å². The number of hydrogen-bond donors (Lipinski definition) is 0. The van der Waals surface area contributed by atoms with Crippen LogP contribution in [0, 0.1) is 0 Å². The zero-order valence-corrected chi connectivity index (χ0v) is 11.4. The van der Waals surface area contributed by atoms with E-state index in [2.05, 4.69) is 41.5 Å². The van der Waals surface area contributed by atoms with Gasteiger partial charge in [-0.2, -0.15) is 0 Å². The summed E-state index contributed by atoms with van der Waals surface area (Å²) in [6, 6.07) is 16.5. The third kappa shape index (κ3) is 1.53. The number of hydrogen-bond acceptors (Lipinski definition) is 1. The number of pyridine rings is 1. The van der Waals surface area contributed by atoms with Crippen molar-refractivity contribution in [1.29, 1.82) is 0 Å². The molecule has 0 atom stereocenters. The Morgan fingerprint density at radius 3 is 2.44 bits per heavy atom. The third-order valence-electron chi connectivity index (χ3n) is 2.59. The summed E-state index contributed by atoms with van der Waals surface area (Å²) in [5.74, 6) is 0. The van der Waals surface area contributed by atoms with Crippen LogP contribution in [0.25, 0.3) is 16.8 Å². The van der Waals surface area contributed by atoms with Crippen molar-refractivity contribution in [3.8, 4) is 11.3 Å². The second-order valence-corrected chi connectivity index (χ2v) is 5.05. The van der Waals surface area contributed by atoms with Crippen LogP contribution in [-0.4, -0.2) is 32.1 Å². The van der Waals surface area contributed by atoms with E-state index in [0.717, 1.165) is 5.69 Å². The van der Waals surface area contributed by atoms with Crippen LogP contribution in [0.4, 0.5) is 0 Å². The van der Waals surface area contributed by atoms with Gasteiger partial charge in [-0.05, 0) is 0 Å². The first kappa shape index (κ1) is 9.90. The summed E-state index contributed by atoms with van der Waals surface area (Å²) in [6.45, 7) is 0. The standard InChI is InChI=1S/C13H9N2.Sn/c1-2-6-11(7-3-1)13-10-12-8-4-5-9-15(12)14-13;/h1-9H;. The van der Waals surface area contributed by atoms with E-state index >= 15 is 0 Å². The van der Waals surface area contributed by atoms with Gasteiger partial charge in [0.2, 0.25) is 0 Å². The van der Waals surface area contributed by atoms with Crippen LogP contribution in [0.15, 0.2) is 54.7 Å². The second kappa shape index (κ2) is 3.94. The van der Waals surface area contributed by atoms with E-state index in [9.17, 15) is 0 Å². The SMILES string of the molecule is [Sn][c]1c(-c2ccccc2)nn2ccccc12. The molecule has 0 saturated carbocycles. The molecule has 0 N–H and O–H groups in total. The molecule has 3 heteroatoms. The molecule has 0 aliphatic rings. The monoisotopic (exact) mass is 313 g/mol. The van der Waals surface area contributed by atoms with Gasteiger partial charge >= 0.3 is 107 Å². The summed E-state index contributed by atoms with van der Waals surface area (Å²) in [7, 11) is 0. The predicted octanol–water partition coefficient (Wildman–Crippen LogP) is 1.80. The molecule has 0 saturated heterocycles. The van der Waals surface area contributed by atoms with Crippen molar-refractivity contribution >= 4 is 31.6 Å². The van der Waals surface area contributed by atoms with E-state index in [-0.39, 0.29) is 0 Å². The zero-order valence-electron chi connectivity index (χ0n) is 8.59. The summed E-state index contributed by atoms with van der Waals surface area (Å²) in [6.07, 6.45) is 2.00. The van der Waals surface area contributed by atoms with Crippen LogP contribution >= 0.6 is 0 Å². The van der Waals surface area contributed by atoms with Crippen molar-refractivity contribution in [3.05, 3.63) is 54.7 Å². The number of benzene rings is 1. The Morgan fingerprint density at radius 1 is 0.938 bits per heavy atom. The quantitative estimate of drug-likeness (QED) is 0.626. The first-order valence-corrected chi connectivity index (χ1v) is 6.53. The molecule has 0 amide bonds. The van der Waals surface area contributed by atoms with Gasteiger partial charge in [-0.15, -0.1) is 0 Å². The van der Waals surface area contributed by atoms with Gasteiger partial charge in [-0.25, -0.2) is 0 Å². The molecular weight excluding hydrogens is 303 g/mol. The van der Waals surface area contributed by atoms with Gasteiger partial charge in [-0.3, -0.25) is 0 Å². The van der Waals surface area contributed by atoms with E-state index in [1.54, 1.807) is 0 Å². The van der Waals surface area contributed by atoms with Crippen LogP contribution in [-0.2, 0) is 0 Å². The van der Waals surface area contributed by atoms with Crippen LogP contribution in [0.1, 0.15) is 0 Å². The van der Waals surface area contributed by atoms with E-state index in [1.165, 1.54) is 37.2 Å². The molecule has 2 aromatic heterocycles. The first-order valence-electron chi connectivity index (χ1n) is 5.10. The first-order chi connectivity index (χ1) is 7.86. The van der Waals surface area contributed by atoms with Crippen molar-refractivity contribution in [1.82, 2.24) is 9.61 Å². The Balaban J connectivity index is 2.29.